The minimum atomic E-state index is -0.499. The number of rotatable bonds is 5. The predicted octanol–water partition coefficient (Wildman–Crippen LogP) is 4.35. The molecule has 1 unspecified atom stereocenters. The molecule has 0 aliphatic heterocycles. The molecule has 1 aromatic rings. The maximum absolute atomic E-state index is 13.8. The van der Waals surface area contributed by atoms with Crippen LogP contribution in [0.15, 0.2) is 16.6 Å². The second-order valence-corrected chi connectivity index (χ2v) is 5.23. The summed E-state index contributed by atoms with van der Waals surface area (Å²) in [5.41, 5.74) is 0.129. The normalized spacial score (nSPS) is 13.1. The highest BCUT2D eigenvalue weighted by molar-refractivity contribution is 9.10. The summed E-state index contributed by atoms with van der Waals surface area (Å²) in [6.45, 7) is 4.46. The summed E-state index contributed by atoms with van der Waals surface area (Å²) < 4.78 is 27.6. The van der Waals surface area contributed by atoms with Crippen LogP contribution in [0.25, 0.3) is 0 Å². The van der Waals surface area contributed by atoms with Crippen LogP contribution in [-0.2, 0) is 6.54 Å². The Balaban J connectivity index is 2.84. The second kappa shape index (κ2) is 6.45. The lowest BCUT2D eigenvalue weighted by Crippen LogP contribution is -2.29. The Kier molecular flexibility index (Phi) is 5.53. The smallest absolute Gasteiger partial charge is 0.144 e. The van der Waals surface area contributed by atoms with Gasteiger partial charge in [0.05, 0.1) is 4.47 Å². The van der Waals surface area contributed by atoms with Crippen molar-refractivity contribution in [1.29, 1.82) is 0 Å². The van der Waals surface area contributed by atoms with E-state index >= 15 is 0 Å². The van der Waals surface area contributed by atoms with E-state index in [1.165, 1.54) is 12.1 Å². The summed E-state index contributed by atoms with van der Waals surface area (Å²) in [5, 5.41) is 0. The molecule has 1 atom stereocenters. The van der Waals surface area contributed by atoms with Gasteiger partial charge in [-0.25, -0.2) is 8.78 Å². The van der Waals surface area contributed by atoms with Crippen LogP contribution in [0, 0.1) is 11.6 Å². The summed E-state index contributed by atoms with van der Waals surface area (Å²) >= 11 is 3.08. The SMILES string of the molecule is CCCC(C)N(C)Cc1c(F)ccc(Br)c1F. The van der Waals surface area contributed by atoms with E-state index in [9.17, 15) is 8.78 Å². The van der Waals surface area contributed by atoms with Crippen LogP contribution in [0.4, 0.5) is 8.78 Å². The zero-order chi connectivity index (χ0) is 13.0. The van der Waals surface area contributed by atoms with Gasteiger partial charge in [-0.15, -0.1) is 0 Å². The van der Waals surface area contributed by atoms with E-state index in [2.05, 4.69) is 29.8 Å². The Morgan fingerprint density at radius 1 is 1.35 bits per heavy atom. The van der Waals surface area contributed by atoms with Crippen LogP contribution in [-0.4, -0.2) is 18.0 Å². The highest BCUT2D eigenvalue weighted by Crippen LogP contribution is 2.23. The topological polar surface area (TPSA) is 3.24 Å². The number of hydrogen-bond donors (Lipinski definition) is 0. The molecule has 0 amide bonds. The van der Waals surface area contributed by atoms with Crippen molar-refractivity contribution >= 4 is 15.9 Å². The third kappa shape index (κ3) is 3.75. The van der Waals surface area contributed by atoms with Crippen LogP contribution in [0.2, 0.25) is 0 Å². The molecule has 0 saturated heterocycles. The first-order chi connectivity index (χ1) is 7.97. The third-order valence-corrected chi connectivity index (χ3v) is 3.62. The fourth-order valence-electron chi connectivity index (χ4n) is 1.76. The predicted molar refractivity (Wildman–Crippen MR) is 69.9 cm³/mol. The van der Waals surface area contributed by atoms with Crippen LogP contribution in [0.5, 0.6) is 0 Å². The molecule has 1 nitrogen and oxygen atoms in total. The van der Waals surface area contributed by atoms with E-state index in [4.69, 9.17) is 0 Å². The van der Waals surface area contributed by atoms with Crippen molar-refractivity contribution in [2.45, 2.75) is 39.3 Å². The van der Waals surface area contributed by atoms with Crippen molar-refractivity contribution < 1.29 is 8.78 Å². The van der Waals surface area contributed by atoms with E-state index in [0.29, 0.717) is 10.5 Å². The van der Waals surface area contributed by atoms with E-state index in [0.717, 1.165) is 12.8 Å². The first-order valence-electron chi connectivity index (χ1n) is 5.80. The molecule has 0 saturated carbocycles. The quantitative estimate of drug-likeness (QED) is 0.731. The van der Waals surface area contributed by atoms with E-state index in [1.807, 2.05) is 11.9 Å². The third-order valence-electron chi connectivity index (χ3n) is 3.01. The molecule has 0 N–H and O–H groups in total. The highest BCUT2D eigenvalue weighted by atomic mass is 79.9. The molecule has 1 rings (SSSR count). The molecule has 96 valence electrons. The zero-order valence-electron chi connectivity index (χ0n) is 10.4. The highest BCUT2D eigenvalue weighted by Gasteiger charge is 2.16. The number of benzene rings is 1. The Labute approximate surface area is 110 Å². The molecule has 0 bridgehead atoms. The first kappa shape index (κ1) is 14.6. The van der Waals surface area contributed by atoms with Gasteiger partial charge in [-0.3, -0.25) is 4.90 Å². The number of halogens is 3. The minimum Gasteiger partial charge on any atom is -0.299 e. The Bertz CT molecular complexity index is 382. The largest absolute Gasteiger partial charge is 0.299 e. The van der Waals surface area contributed by atoms with Gasteiger partial charge in [0.15, 0.2) is 0 Å². The summed E-state index contributed by atoms with van der Waals surface area (Å²) in [5.74, 6) is -0.984. The van der Waals surface area contributed by atoms with E-state index < -0.39 is 11.6 Å². The van der Waals surface area contributed by atoms with Crippen LogP contribution >= 0.6 is 15.9 Å². The number of hydrogen-bond acceptors (Lipinski definition) is 1. The van der Waals surface area contributed by atoms with E-state index in [-0.39, 0.29) is 12.1 Å². The van der Waals surface area contributed by atoms with Gasteiger partial charge in [-0.05, 0) is 48.5 Å². The molecule has 0 spiro atoms. The molecule has 0 heterocycles. The first-order valence-corrected chi connectivity index (χ1v) is 6.59. The summed E-state index contributed by atoms with van der Waals surface area (Å²) in [6.07, 6.45) is 2.09. The monoisotopic (exact) mass is 305 g/mol. The standard InChI is InChI=1S/C13H18BrF2N/c1-4-5-9(2)17(3)8-10-12(15)7-6-11(14)13(10)16/h6-7,9H,4-5,8H2,1-3H3. The van der Waals surface area contributed by atoms with E-state index in [1.54, 1.807) is 0 Å². The van der Waals surface area contributed by atoms with Gasteiger partial charge in [0.1, 0.15) is 11.6 Å². The Hall–Kier alpha value is -0.480. The fourth-order valence-corrected chi connectivity index (χ4v) is 2.13. The Morgan fingerprint density at radius 3 is 2.59 bits per heavy atom. The minimum absolute atomic E-state index is 0.129. The lowest BCUT2D eigenvalue weighted by molar-refractivity contribution is 0.230. The van der Waals surface area contributed by atoms with Gasteiger partial charge in [0, 0.05) is 18.2 Å². The van der Waals surface area contributed by atoms with Gasteiger partial charge in [-0.2, -0.15) is 0 Å². The van der Waals surface area contributed by atoms with Crippen molar-refractivity contribution in [2.24, 2.45) is 0 Å². The van der Waals surface area contributed by atoms with Crippen LogP contribution in [0.3, 0.4) is 0 Å². The molecular weight excluding hydrogens is 288 g/mol. The maximum atomic E-state index is 13.8. The van der Waals surface area contributed by atoms with Crippen molar-refractivity contribution in [2.75, 3.05) is 7.05 Å². The number of nitrogens with zero attached hydrogens (tertiary/aromatic N) is 1. The average Bonchev–Trinajstić information content (AvgIpc) is 2.29. The summed E-state index contributed by atoms with van der Waals surface area (Å²) in [7, 11) is 1.89. The van der Waals surface area contributed by atoms with Gasteiger partial charge >= 0.3 is 0 Å². The van der Waals surface area contributed by atoms with Gasteiger partial charge in [0.25, 0.3) is 0 Å². The summed E-state index contributed by atoms with van der Waals surface area (Å²) in [4.78, 5) is 1.97. The fraction of sp³-hybridized carbons (Fsp3) is 0.538. The molecule has 17 heavy (non-hydrogen) atoms. The van der Waals surface area contributed by atoms with Crippen LogP contribution in [0.1, 0.15) is 32.3 Å². The van der Waals surface area contributed by atoms with Crippen molar-refractivity contribution in [3.8, 4) is 0 Å². The average molecular weight is 306 g/mol. The molecule has 0 radical (unpaired) electrons. The molecule has 0 fully saturated rings. The van der Waals surface area contributed by atoms with Crippen LogP contribution < -0.4 is 0 Å². The molecule has 1 aromatic carbocycles. The second-order valence-electron chi connectivity index (χ2n) is 4.37. The summed E-state index contributed by atoms with van der Waals surface area (Å²) in [6, 6.07) is 3.00. The molecular formula is C13H18BrF2N. The molecule has 0 aliphatic carbocycles. The molecule has 0 aromatic heterocycles. The van der Waals surface area contributed by atoms with Gasteiger partial charge in [0.2, 0.25) is 0 Å². The van der Waals surface area contributed by atoms with Crippen molar-refractivity contribution in [3.63, 3.8) is 0 Å². The molecule has 0 aliphatic rings. The zero-order valence-corrected chi connectivity index (χ0v) is 12.0. The van der Waals surface area contributed by atoms with Gasteiger partial charge < -0.3 is 0 Å². The van der Waals surface area contributed by atoms with Gasteiger partial charge in [-0.1, -0.05) is 13.3 Å². The lowest BCUT2D eigenvalue weighted by atomic mass is 10.1. The van der Waals surface area contributed by atoms with Crippen molar-refractivity contribution in [3.05, 3.63) is 33.8 Å². The lowest BCUT2D eigenvalue weighted by Gasteiger charge is -2.24. The maximum Gasteiger partial charge on any atom is 0.144 e. The Morgan fingerprint density at radius 2 is 2.00 bits per heavy atom. The van der Waals surface area contributed by atoms with Crippen molar-refractivity contribution in [1.82, 2.24) is 4.90 Å². The molecule has 4 heteroatoms.